The van der Waals surface area contributed by atoms with Crippen LogP contribution in [0.25, 0.3) is 22.2 Å². The predicted octanol–water partition coefficient (Wildman–Crippen LogP) is 2.79. The Balaban J connectivity index is 1.93. The minimum Gasteiger partial charge on any atom is -0.360 e. The lowest BCUT2D eigenvalue weighted by atomic mass is 10.1. The van der Waals surface area contributed by atoms with Crippen molar-refractivity contribution in [2.24, 2.45) is 0 Å². The molecule has 2 N–H and O–H groups in total. The van der Waals surface area contributed by atoms with Crippen molar-refractivity contribution in [3.63, 3.8) is 0 Å². The van der Waals surface area contributed by atoms with Crippen molar-refractivity contribution in [1.82, 2.24) is 20.4 Å². The third-order valence-electron chi connectivity index (χ3n) is 3.67. The summed E-state index contributed by atoms with van der Waals surface area (Å²) in [6.45, 7) is 0. The van der Waals surface area contributed by atoms with Crippen LogP contribution in [0.4, 0.5) is 0 Å². The van der Waals surface area contributed by atoms with Crippen LogP contribution in [0.2, 0.25) is 0 Å². The molecular formula is C16H12N4O2S. The van der Waals surface area contributed by atoms with Gasteiger partial charge in [0.05, 0.1) is 4.90 Å². The smallest absolute Gasteiger partial charge is 0.227 e. The standard InChI is InChI=1S/C16H12N4O2S/c21-23(22,11-6-2-1-3-7-11)16-15(18-20-19-16)13-10-17-14-9-5-4-8-12(13)14/h1-10,17H,(H,18,19,20). The second-order valence-corrected chi connectivity index (χ2v) is 6.91. The molecule has 4 rings (SSSR count). The van der Waals surface area contributed by atoms with Crippen LogP contribution in [-0.2, 0) is 9.84 Å². The number of sulfone groups is 1. The molecule has 0 aliphatic rings. The summed E-state index contributed by atoms with van der Waals surface area (Å²) in [5.74, 6) is 0. The van der Waals surface area contributed by atoms with Crippen LogP contribution in [0.3, 0.4) is 0 Å². The van der Waals surface area contributed by atoms with Gasteiger partial charge in [-0.15, -0.1) is 5.10 Å². The number of fused-ring (bicyclic) bond motifs is 1. The molecule has 0 radical (unpaired) electrons. The van der Waals surface area contributed by atoms with Gasteiger partial charge in [-0.3, -0.25) is 0 Å². The summed E-state index contributed by atoms with van der Waals surface area (Å²) in [6.07, 6.45) is 1.74. The summed E-state index contributed by atoms with van der Waals surface area (Å²) < 4.78 is 25.6. The molecule has 0 atom stereocenters. The van der Waals surface area contributed by atoms with Crippen molar-refractivity contribution in [3.05, 3.63) is 60.8 Å². The van der Waals surface area contributed by atoms with Crippen LogP contribution in [0.1, 0.15) is 0 Å². The maximum absolute atomic E-state index is 12.8. The first-order valence-corrected chi connectivity index (χ1v) is 8.43. The fraction of sp³-hybridized carbons (Fsp3) is 0. The Hall–Kier alpha value is -2.93. The van der Waals surface area contributed by atoms with Crippen molar-refractivity contribution in [2.45, 2.75) is 9.92 Å². The number of nitrogens with zero attached hydrogens (tertiary/aromatic N) is 2. The minimum absolute atomic E-state index is 0.0755. The molecule has 0 amide bonds. The highest BCUT2D eigenvalue weighted by Crippen LogP contribution is 2.32. The number of hydrogen-bond acceptors (Lipinski definition) is 4. The Kier molecular flexibility index (Phi) is 3.02. The lowest BCUT2D eigenvalue weighted by Gasteiger charge is -2.02. The Morgan fingerprint density at radius 1 is 0.870 bits per heavy atom. The molecule has 114 valence electrons. The zero-order valence-electron chi connectivity index (χ0n) is 11.9. The number of hydrogen-bond donors (Lipinski definition) is 2. The van der Waals surface area contributed by atoms with E-state index in [1.54, 1.807) is 36.5 Å². The minimum atomic E-state index is -3.74. The van der Waals surface area contributed by atoms with Gasteiger partial charge in [-0.05, 0) is 18.2 Å². The highest BCUT2D eigenvalue weighted by molar-refractivity contribution is 7.91. The molecule has 7 heteroatoms. The summed E-state index contributed by atoms with van der Waals surface area (Å²) in [5.41, 5.74) is 1.92. The van der Waals surface area contributed by atoms with Crippen molar-refractivity contribution in [3.8, 4) is 11.3 Å². The second-order valence-electron chi connectivity index (χ2n) is 5.04. The van der Waals surface area contributed by atoms with Gasteiger partial charge in [0.2, 0.25) is 14.9 Å². The molecule has 0 saturated carbocycles. The van der Waals surface area contributed by atoms with Gasteiger partial charge < -0.3 is 4.98 Å². The summed E-state index contributed by atoms with van der Waals surface area (Å²) in [7, 11) is -3.74. The van der Waals surface area contributed by atoms with E-state index >= 15 is 0 Å². The first kappa shape index (κ1) is 13.7. The molecule has 0 bridgehead atoms. The molecule has 23 heavy (non-hydrogen) atoms. The van der Waals surface area contributed by atoms with Gasteiger partial charge in [-0.2, -0.15) is 10.3 Å². The maximum atomic E-state index is 12.8. The van der Waals surface area contributed by atoms with Crippen LogP contribution in [0.15, 0.2) is 70.7 Å². The van der Waals surface area contributed by atoms with E-state index in [9.17, 15) is 8.42 Å². The Morgan fingerprint density at radius 2 is 1.61 bits per heavy atom. The number of aromatic amines is 2. The molecule has 0 unspecified atom stereocenters. The van der Waals surface area contributed by atoms with Crippen LogP contribution < -0.4 is 0 Å². The predicted molar refractivity (Wildman–Crippen MR) is 85.6 cm³/mol. The number of nitrogens with one attached hydrogen (secondary N) is 2. The van der Waals surface area contributed by atoms with Gasteiger partial charge >= 0.3 is 0 Å². The monoisotopic (exact) mass is 324 g/mol. The number of rotatable bonds is 3. The quantitative estimate of drug-likeness (QED) is 0.606. The molecule has 4 aromatic rings. The molecule has 2 heterocycles. The van der Waals surface area contributed by atoms with E-state index in [2.05, 4.69) is 20.4 Å². The topological polar surface area (TPSA) is 91.5 Å². The van der Waals surface area contributed by atoms with Crippen LogP contribution in [0.5, 0.6) is 0 Å². The Bertz CT molecular complexity index is 1080. The highest BCUT2D eigenvalue weighted by Gasteiger charge is 2.27. The first-order valence-electron chi connectivity index (χ1n) is 6.95. The largest absolute Gasteiger partial charge is 0.360 e. The molecule has 0 aliphatic carbocycles. The SMILES string of the molecule is O=S(=O)(c1ccccc1)c1n[nH]nc1-c1c[nH]c2ccccc12. The molecule has 0 saturated heterocycles. The van der Waals surface area contributed by atoms with Crippen molar-refractivity contribution in [2.75, 3.05) is 0 Å². The average molecular weight is 324 g/mol. The van der Waals surface area contributed by atoms with Gasteiger partial charge in [-0.25, -0.2) is 8.42 Å². The van der Waals surface area contributed by atoms with E-state index in [1.807, 2.05) is 24.3 Å². The molecule has 2 aromatic heterocycles. The third kappa shape index (κ3) is 2.13. The van der Waals surface area contributed by atoms with Crippen molar-refractivity contribution < 1.29 is 8.42 Å². The van der Waals surface area contributed by atoms with E-state index in [-0.39, 0.29) is 9.92 Å². The molecule has 2 aromatic carbocycles. The lowest BCUT2D eigenvalue weighted by molar-refractivity contribution is 0.592. The number of H-pyrrole nitrogens is 2. The van der Waals surface area contributed by atoms with Crippen LogP contribution >= 0.6 is 0 Å². The molecule has 0 fully saturated rings. The van der Waals surface area contributed by atoms with E-state index in [0.717, 1.165) is 10.9 Å². The summed E-state index contributed by atoms with van der Waals surface area (Å²) in [6, 6.07) is 15.8. The second kappa shape index (κ2) is 5.06. The summed E-state index contributed by atoms with van der Waals surface area (Å²) in [4.78, 5) is 3.31. The molecule has 6 nitrogen and oxygen atoms in total. The van der Waals surface area contributed by atoms with Crippen molar-refractivity contribution in [1.29, 1.82) is 0 Å². The Morgan fingerprint density at radius 3 is 2.43 bits per heavy atom. The van der Waals surface area contributed by atoms with Gasteiger partial charge in [0.1, 0.15) is 5.69 Å². The van der Waals surface area contributed by atoms with E-state index in [0.29, 0.717) is 11.3 Å². The zero-order chi connectivity index (χ0) is 15.9. The van der Waals surface area contributed by atoms with Gasteiger partial charge in [0.25, 0.3) is 0 Å². The summed E-state index contributed by atoms with van der Waals surface area (Å²) in [5, 5.41) is 11.2. The molecular weight excluding hydrogens is 312 g/mol. The van der Waals surface area contributed by atoms with Gasteiger partial charge in [-0.1, -0.05) is 36.4 Å². The zero-order valence-corrected chi connectivity index (χ0v) is 12.7. The van der Waals surface area contributed by atoms with Crippen molar-refractivity contribution >= 4 is 20.7 Å². The van der Waals surface area contributed by atoms with E-state index in [4.69, 9.17) is 0 Å². The number of benzene rings is 2. The molecule has 0 aliphatic heterocycles. The van der Waals surface area contributed by atoms with E-state index < -0.39 is 9.84 Å². The fourth-order valence-electron chi connectivity index (χ4n) is 2.56. The van der Waals surface area contributed by atoms with Crippen LogP contribution in [0, 0.1) is 0 Å². The summed E-state index contributed by atoms with van der Waals surface area (Å²) >= 11 is 0. The van der Waals surface area contributed by atoms with Gasteiger partial charge in [0.15, 0.2) is 0 Å². The normalized spacial score (nSPS) is 11.8. The maximum Gasteiger partial charge on any atom is 0.227 e. The number of aromatic nitrogens is 4. The highest BCUT2D eigenvalue weighted by atomic mass is 32.2. The first-order chi connectivity index (χ1) is 11.2. The molecule has 0 spiro atoms. The fourth-order valence-corrected chi connectivity index (χ4v) is 3.87. The van der Waals surface area contributed by atoms with Gasteiger partial charge in [0, 0.05) is 22.7 Å². The lowest BCUT2D eigenvalue weighted by Crippen LogP contribution is -2.04. The van der Waals surface area contributed by atoms with E-state index in [1.165, 1.54) is 0 Å². The Labute approximate surface area is 132 Å². The third-order valence-corrected chi connectivity index (χ3v) is 5.35. The number of para-hydroxylation sites is 1. The average Bonchev–Trinajstić information content (AvgIpc) is 3.22. The van der Waals surface area contributed by atoms with Crippen LogP contribution in [-0.4, -0.2) is 28.8 Å².